The molecule has 1 aliphatic carbocycles. The van der Waals surface area contributed by atoms with Crippen molar-refractivity contribution in [2.24, 2.45) is 5.92 Å². The number of nitrogens with zero attached hydrogens (tertiary/aromatic N) is 5. The summed E-state index contributed by atoms with van der Waals surface area (Å²) in [6.45, 7) is 1.47. The summed E-state index contributed by atoms with van der Waals surface area (Å²) in [5.74, 6) is -1.07. The van der Waals surface area contributed by atoms with Crippen molar-refractivity contribution in [1.29, 1.82) is 0 Å². The highest BCUT2D eigenvalue weighted by Gasteiger charge is 2.31. The SMILES string of the molecule is CC(=O)c1c(C2CCC(C(=O)O)CC2)nc2c(-c3ccc(-c4nccs4)nc3)cnn2c1N. The van der Waals surface area contributed by atoms with Gasteiger partial charge < -0.3 is 10.8 Å². The zero-order valence-corrected chi connectivity index (χ0v) is 18.7. The Balaban J connectivity index is 1.57. The number of pyridine rings is 1. The molecule has 0 aromatic carbocycles. The number of Topliss-reactive ketones (excluding diaryl/α,β-unsaturated/α-hetero) is 1. The molecule has 0 amide bonds. The number of hydrogen-bond acceptors (Lipinski definition) is 8. The first-order valence-electron chi connectivity index (χ1n) is 10.7. The van der Waals surface area contributed by atoms with Gasteiger partial charge in [0, 0.05) is 34.8 Å². The average Bonchev–Trinajstić information content (AvgIpc) is 3.49. The number of aromatic nitrogens is 5. The maximum absolute atomic E-state index is 12.5. The van der Waals surface area contributed by atoms with E-state index < -0.39 is 5.97 Å². The molecule has 168 valence electrons. The van der Waals surface area contributed by atoms with Crippen LogP contribution in [-0.4, -0.2) is 41.4 Å². The van der Waals surface area contributed by atoms with Crippen molar-refractivity contribution in [3.8, 4) is 21.8 Å². The van der Waals surface area contributed by atoms with Crippen LogP contribution in [0.3, 0.4) is 0 Å². The molecule has 0 atom stereocenters. The van der Waals surface area contributed by atoms with E-state index in [0.29, 0.717) is 42.6 Å². The Morgan fingerprint density at radius 1 is 1.15 bits per heavy atom. The number of fused-ring (bicyclic) bond motifs is 1. The van der Waals surface area contributed by atoms with Crippen LogP contribution >= 0.6 is 11.3 Å². The van der Waals surface area contributed by atoms with Gasteiger partial charge in [-0.25, -0.2) is 9.97 Å². The third kappa shape index (κ3) is 3.76. The molecule has 1 fully saturated rings. The largest absolute Gasteiger partial charge is 0.481 e. The van der Waals surface area contributed by atoms with E-state index in [2.05, 4.69) is 15.1 Å². The van der Waals surface area contributed by atoms with E-state index in [1.807, 2.05) is 17.5 Å². The number of carboxylic acid groups (broad SMARTS) is 1. The van der Waals surface area contributed by atoms with Gasteiger partial charge in [-0.15, -0.1) is 11.3 Å². The van der Waals surface area contributed by atoms with Crippen LogP contribution in [0, 0.1) is 5.92 Å². The molecular formula is C23H22N6O3S. The maximum atomic E-state index is 12.5. The van der Waals surface area contributed by atoms with E-state index in [1.54, 1.807) is 18.6 Å². The molecule has 0 unspecified atom stereocenters. The van der Waals surface area contributed by atoms with Crippen LogP contribution in [0.15, 0.2) is 36.1 Å². The molecule has 5 rings (SSSR count). The van der Waals surface area contributed by atoms with Crippen molar-refractivity contribution < 1.29 is 14.7 Å². The molecule has 0 aliphatic heterocycles. The highest BCUT2D eigenvalue weighted by Crippen LogP contribution is 2.39. The summed E-state index contributed by atoms with van der Waals surface area (Å²) < 4.78 is 1.49. The van der Waals surface area contributed by atoms with Crippen LogP contribution in [0.5, 0.6) is 0 Å². The van der Waals surface area contributed by atoms with Crippen molar-refractivity contribution in [1.82, 2.24) is 24.6 Å². The third-order valence-corrected chi connectivity index (χ3v) is 7.05. The lowest BCUT2D eigenvalue weighted by atomic mass is 9.79. The summed E-state index contributed by atoms with van der Waals surface area (Å²) in [6.07, 6.45) is 7.57. The van der Waals surface area contributed by atoms with Crippen molar-refractivity contribution in [3.05, 3.63) is 47.4 Å². The van der Waals surface area contributed by atoms with Gasteiger partial charge in [-0.05, 0) is 38.7 Å². The number of anilines is 1. The van der Waals surface area contributed by atoms with E-state index in [9.17, 15) is 14.7 Å². The van der Waals surface area contributed by atoms with Crippen molar-refractivity contribution in [2.75, 3.05) is 5.73 Å². The highest BCUT2D eigenvalue weighted by molar-refractivity contribution is 7.13. The maximum Gasteiger partial charge on any atom is 0.306 e. The van der Waals surface area contributed by atoms with Gasteiger partial charge in [0.2, 0.25) is 0 Å². The van der Waals surface area contributed by atoms with Gasteiger partial charge in [0.25, 0.3) is 0 Å². The number of carboxylic acids is 1. The third-order valence-electron chi connectivity index (χ3n) is 6.25. The fourth-order valence-corrected chi connectivity index (χ4v) is 5.15. The molecule has 0 spiro atoms. The molecule has 4 aromatic rings. The Bertz CT molecular complexity index is 1340. The first-order valence-corrected chi connectivity index (χ1v) is 11.6. The van der Waals surface area contributed by atoms with Crippen LogP contribution in [0.2, 0.25) is 0 Å². The zero-order chi connectivity index (χ0) is 23.1. The molecule has 4 aromatic heterocycles. The van der Waals surface area contributed by atoms with Gasteiger partial charge in [0.1, 0.15) is 10.8 Å². The van der Waals surface area contributed by atoms with Crippen LogP contribution in [0.25, 0.3) is 27.5 Å². The Kier molecular flexibility index (Phi) is 5.37. The van der Waals surface area contributed by atoms with Gasteiger partial charge in [-0.1, -0.05) is 6.07 Å². The Hall–Kier alpha value is -3.66. The summed E-state index contributed by atoms with van der Waals surface area (Å²) in [5.41, 5.74) is 10.3. The molecule has 1 saturated carbocycles. The molecule has 10 heteroatoms. The van der Waals surface area contributed by atoms with Gasteiger partial charge in [0.05, 0.1) is 29.1 Å². The Labute approximate surface area is 193 Å². The van der Waals surface area contributed by atoms with E-state index in [4.69, 9.17) is 10.7 Å². The molecule has 33 heavy (non-hydrogen) atoms. The van der Waals surface area contributed by atoms with Crippen LogP contribution in [0.4, 0.5) is 5.82 Å². The normalized spacial score (nSPS) is 18.5. The van der Waals surface area contributed by atoms with Gasteiger partial charge in [-0.3, -0.25) is 14.6 Å². The minimum absolute atomic E-state index is 0.0278. The second kappa shape index (κ2) is 8.36. The van der Waals surface area contributed by atoms with Gasteiger partial charge in [0.15, 0.2) is 11.4 Å². The number of aliphatic carboxylic acids is 1. The van der Waals surface area contributed by atoms with Crippen LogP contribution < -0.4 is 5.73 Å². The molecular weight excluding hydrogens is 440 g/mol. The number of rotatable bonds is 5. The molecule has 9 nitrogen and oxygen atoms in total. The van der Waals surface area contributed by atoms with Crippen molar-refractivity contribution >= 4 is 34.6 Å². The second-order valence-electron chi connectivity index (χ2n) is 8.26. The van der Waals surface area contributed by atoms with E-state index >= 15 is 0 Å². The molecule has 3 N–H and O–H groups in total. The Morgan fingerprint density at radius 3 is 2.55 bits per heavy atom. The molecule has 0 radical (unpaired) electrons. The van der Waals surface area contributed by atoms with Crippen LogP contribution in [0.1, 0.15) is 54.6 Å². The number of nitrogens with two attached hydrogens (primary N) is 1. The number of nitrogen functional groups attached to an aromatic ring is 1. The number of thiazole rings is 1. The number of hydrogen-bond donors (Lipinski definition) is 2. The van der Waals surface area contributed by atoms with E-state index in [-0.39, 0.29) is 23.4 Å². The molecule has 0 saturated heterocycles. The Morgan fingerprint density at radius 2 is 1.94 bits per heavy atom. The number of carbonyl (C=O) groups excluding carboxylic acids is 1. The fraction of sp³-hybridized carbons (Fsp3) is 0.304. The average molecular weight is 463 g/mol. The van der Waals surface area contributed by atoms with Crippen molar-refractivity contribution in [3.63, 3.8) is 0 Å². The standard InChI is InChI=1S/C23H22N6O3S/c1-12(30)18-19(13-2-4-14(5-3-13)23(31)32)28-21-16(11-27-29(21)20(18)24)15-6-7-17(26-10-15)22-25-8-9-33-22/h6-11,13-14H,2-5,24H2,1H3,(H,31,32). The van der Waals surface area contributed by atoms with E-state index in [0.717, 1.165) is 21.8 Å². The fourth-order valence-electron chi connectivity index (χ4n) is 4.54. The minimum Gasteiger partial charge on any atom is -0.481 e. The zero-order valence-electron chi connectivity index (χ0n) is 17.9. The molecule has 1 aliphatic rings. The summed E-state index contributed by atoms with van der Waals surface area (Å²) in [4.78, 5) is 37.6. The van der Waals surface area contributed by atoms with Gasteiger partial charge in [-0.2, -0.15) is 9.61 Å². The first-order chi connectivity index (χ1) is 15.9. The van der Waals surface area contributed by atoms with Crippen LogP contribution in [-0.2, 0) is 4.79 Å². The molecule has 4 heterocycles. The predicted octanol–water partition coefficient (Wildman–Crippen LogP) is 4.06. The molecule has 0 bridgehead atoms. The van der Waals surface area contributed by atoms with Gasteiger partial charge >= 0.3 is 5.97 Å². The summed E-state index contributed by atoms with van der Waals surface area (Å²) >= 11 is 1.52. The smallest absolute Gasteiger partial charge is 0.306 e. The predicted molar refractivity (Wildman–Crippen MR) is 124 cm³/mol. The first kappa shape index (κ1) is 21.2. The van der Waals surface area contributed by atoms with E-state index in [1.165, 1.54) is 22.8 Å². The summed E-state index contributed by atoms with van der Waals surface area (Å²) in [5, 5.41) is 16.5. The summed E-state index contributed by atoms with van der Waals surface area (Å²) in [6, 6.07) is 3.84. The summed E-state index contributed by atoms with van der Waals surface area (Å²) in [7, 11) is 0. The highest BCUT2D eigenvalue weighted by atomic mass is 32.1. The minimum atomic E-state index is -0.769. The second-order valence-corrected chi connectivity index (χ2v) is 9.16. The topological polar surface area (TPSA) is 136 Å². The number of ketones is 1. The lowest BCUT2D eigenvalue weighted by Gasteiger charge is -2.27. The van der Waals surface area contributed by atoms with Crippen molar-refractivity contribution in [2.45, 2.75) is 38.5 Å². The lowest BCUT2D eigenvalue weighted by molar-refractivity contribution is -0.142. The lowest BCUT2D eigenvalue weighted by Crippen LogP contribution is -2.23. The number of carbonyl (C=O) groups is 2. The monoisotopic (exact) mass is 462 g/mol. The quantitative estimate of drug-likeness (QED) is 0.424.